The second-order valence-corrected chi connectivity index (χ2v) is 5.04. The Morgan fingerprint density at radius 2 is 2.15 bits per heavy atom. The zero-order chi connectivity index (χ0) is 15.1. The highest BCUT2D eigenvalue weighted by Crippen LogP contribution is 2.08. The van der Waals surface area contributed by atoms with Gasteiger partial charge in [0.1, 0.15) is 12.1 Å². The van der Waals surface area contributed by atoms with E-state index in [4.69, 9.17) is 5.11 Å². The molecule has 3 N–H and O–H groups in total. The molecule has 6 nitrogen and oxygen atoms in total. The van der Waals surface area contributed by atoms with E-state index in [1.165, 1.54) is 24.3 Å². The van der Waals surface area contributed by atoms with Crippen molar-refractivity contribution in [2.45, 2.75) is 25.4 Å². The van der Waals surface area contributed by atoms with E-state index >= 15 is 0 Å². The summed E-state index contributed by atoms with van der Waals surface area (Å²) in [5, 5.41) is 15.5. The van der Waals surface area contributed by atoms with Gasteiger partial charge in [-0.3, -0.25) is 9.59 Å². The van der Waals surface area contributed by atoms with Crippen LogP contribution in [0.3, 0.4) is 0 Å². The van der Waals surface area contributed by atoms with Crippen LogP contribution in [0.2, 0.25) is 0 Å². The van der Waals surface area contributed by atoms with Crippen molar-refractivity contribution in [2.75, 3.05) is 0 Å². The molecule has 1 heterocycles. The Labute approximate surface area is 120 Å². The molecule has 0 radical (unpaired) electrons. The summed E-state index contributed by atoms with van der Waals surface area (Å²) in [6.45, 7) is 4.93. The van der Waals surface area contributed by atoms with Gasteiger partial charge in [-0.25, -0.2) is 4.79 Å². The lowest BCUT2D eigenvalue weighted by atomic mass is 10.2. The number of thiophene rings is 1. The summed E-state index contributed by atoms with van der Waals surface area (Å²) in [5.74, 6) is -2.06. The number of hydrogen-bond acceptors (Lipinski definition) is 4. The lowest BCUT2D eigenvalue weighted by Crippen LogP contribution is -2.50. The van der Waals surface area contributed by atoms with Crippen LogP contribution in [0.5, 0.6) is 0 Å². The van der Waals surface area contributed by atoms with Gasteiger partial charge in [0.2, 0.25) is 5.91 Å². The quantitative estimate of drug-likeness (QED) is 0.654. The van der Waals surface area contributed by atoms with Gasteiger partial charge in [-0.1, -0.05) is 12.1 Å². The van der Waals surface area contributed by atoms with Crippen LogP contribution in [0.1, 0.15) is 23.0 Å². The van der Waals surface area contributed by atoms with E-state index in [-0.39, 0.29) is 12.3 Å². The molecule has 2 unspecified atom stereocenters. The normalized spacial score (nSPS) is 13.1. The Morgan fingerprint density at radius 1 is 1.45 bits per heavy atom. The molecule has 20 heavy (non-hydrogen) atoms. The fraction of sp³-hybridized carbons (Fsp3) is 0.308. The number of aliphatic carboxylic acids is 1. The second-order valence-electron chi connectivity index (χ2n) is 4.10. The van der Waals surface area contributed by atoms with Crippen molar-refractivity contribution in [3.05, 3.63) is 35.0 Å². The van der Waals surface area contributed by atoms with Crippen LogP contribution >= 0.6 is 11.3 Å². The summed E-state index contributed by atoms with van der Waals surface area (Å²) < 4.78 is 0. The Balaban J connectivity index is 2.56. The van der Waals surface area contributed by atoms with Crippen LogP contribution in [-0.2, 0) is 9.59 Å². The van der Waals surface area contributed by atoms with Gasteiger partial charge in [0.25, 0.3) is 5.91 Å². The lowest BCUT2D eigenvalue weighted by Gasteiger charge is -2.17. The Kier molecular flexibility index (Phi) is 5.92. The molecule has 0 aromatic carbocycles. The molecule has 0 fully saturated rings. The first kappa shape index (κ1) is 15.9. The molecule has 1 rings (SSSR count). The Bertz CT molecular complexity index is 498. The third kappa shape index (κ3) is 4.51. The van der Waals surface area contributed by atoms with Crippen LogP contribution in [-0.4, -0.2) is 35.0 Å². The minimum atomic E-state index is -1.14. The molecule has 2 amide bonds. The van der Waals surface area contributed by atoms with Gasteiger partial charge in [-0.05, 0) is 24.8 Å². The summed E-state index contributed by atoms with van der Waals surface area (Å²) in [4.78, 5) is 35.0. The predicted octanol–water partition coefficient (Wildman–Crippen LogP) is 1.01. The van der Waals surface area contributed by atoms with Crippen molar-refractivity contribution in [1.82, 2.24) is 10.6 Å². The number of carboxylic acid groups (broad SMARTS) is 1. The van der Waals surface area contributed by atoms with Crippen LogP contribution in [0.4, 0.5) is 0 Å². The zero-order valence-electron chi connectivity index (χ0n) is 11.0. The molecule has 0 aliphatic heterocycles. The molecule has 1 aromatic heterocycles. The molecule has 0 bridgehead atoms. The first-order valence-corrected chi connectivity index (χ1v) is 6.82. The number of hydrogen-bond donors (Lipinski definition) is 3. The maximum absolute atomic E-state index is 11.8. The molecular formula is C13H16N2O4S. The first-order valence-electron chi connectivity index (χ1n) is 5.94. The fourth-order valence-electron chi connectivity index (χ4n) is 1.43. The number of rotatable bonds is 7. The molecular weight excluding hydrogens is 280 g/mol. The van der Waals surface area contributed by atoms with Crippen molar-refractivity contribution in [3.8, 4) is 0 Å². The van der Waals surface area contributed by atoms with E-state index in [2.05, 4.69) is 17.2 Å². The summed E-state index contributed by atoms with van der Waals surface area (Å²) in [5.41, 5.74) is 0. The highest BCUT2D eigenvalue weighted by molar-refractivity contribution is 7.12. The minimum Gasteiger partial charge on any atom is -0.480 e. The van der Waals surface area contributed by atoms with Gasteiger partial charge < -0.3 is 15.7 Å². The summed E-state index contributed by atoms with van der Waals surface area (Å²) in [6.07, 6.45) is 1.53. The molecule has 0 saturated carbocycles. The highest BCUT2D eigenvalue weighted by atomic mass is 32.1. The van der Waals surface area contributed by atoms with E-state index in [1.54, 1.807) is 17.5 Å². The summed E-state index contributed by atoms with van der Waals surface area (Å²) in [6, 6.07) is 1.51. The third-order valence-electron chi connectivity index (χ3n) is 2.50. The maximum Gasteiger partial charge on any atom is 0.326 e. The van der Waals surface area contributed by atoms with Gasteiger partial charge in [-0.2, -0.15) is 0 Å². The SMILES string of the molecule is C=CCC(NC(=O)C(C)NC(=O)c1cccs1)C(=O)O. The molecule has 2 atom stereocenters. The number of carboxylic acids is 1. The van der Waals surface area contributed by atoms with Crippen LogP contribution in [0.15, 0.2) is 30.2 Å². The first-order chi connectivity index (χ1) is 9.45. The van der Waals surface area contributed by atoms with Crippen LogP contribution < -0.4 is 10.6 Å². The number of nitrogens with one attached hydrogen (secondary N) is 2. The van der Waals surface area contributed by atoms with Crippen molar-refractivity contribution in [1.29, 1.82) is 0 Å². The van der Waals surface area contributed by atoms with Gasteiger partial charge >= 0.3 is 5.97 Å². The number of carbonyl (C=O) groups excluding carboxylic acids is 2. The van der Waals surface area contributed by atoms with Crippen LogP contribution in [0, 0.1) is 0 Å². The van der Waals surface area contributed by atoms with Crippen LogP contribution in [0.25, 0.3) is 0 Å². The summed E-state index contributed by atoms with van der Waals surface area (Å²) >= 11 is 1.26. The molecule has 0 aliphatic rings. The zero-order valence-corrected chi connectivity index (χ0v) is 11.8. The van der Waals surface area contributed by atoms with E-state index in [9.17, 15) is 14.4 Å². The molecule has 7 heteroatoms. The maximum atomic E-state index is 11.8. The highest BCUT2D eigenvalue weighted by Gasteiger charge is 2.23. The Morgan fingerprint density at radius 3 is 2.65 bits per heavy atom. The Hall–Kier alpha value is -2.15. The molecule has 0 spiro atoms. The molecule has 1 aromatic rings. The van der Waals surface area contributed by atoms with Crippen molar-refractivity contribution >= 4 is 29.1 Å². The van der Waals surface area contributed by atoms with E-state index < -0.39 is 24.0 Å². The molecule has 108 valence electrons. The van der Waals surface area contributed by atoms with E-state index in [1.807, 2.05) is 0 Å². The van der Waals surface area contributed by atoms with Crippen molar-refractivity contribution in [3.63, 3.8) is 0 Å². The van der Waals surface area contributed by atoms with E-state index in [0.717, 1.165) is 0 Å². The topological polar surface area (TPSA) is 95.5 Å². The standard InChI is InChI=1S/C13H16N2O4S/c1-3-5-9(13(18)19)15-11(16)8(2)14-12(17)10-6-4-7-20-10/h3-4,6-9H,1,5H2,2H3,(H,14,17)(H,15,16)(H,18,19). The van der Waals surface area contributed by atoms with E-state index in [0.29, 0.717) is 4.88 Å². The second kappa shape index (κ2) is 7.44. The number of carbonyl (C=O) groups is 3. The largest absolute Gasteiger partial charge is 0.480 e. The predicted molar refractivity (Wildman–Crippen MR) is 75.6 cm³/mol. The monoisotopic (exact) mass is 296 g/mol. The van der Waals surface area contributed by atoms with Gasteiger partial charge in [0.15, 0.2) is 0 Å². The average molecular weight is 296 g/mol. The summed E-state index contributed by atoms with van der Waals surface area (Å²) in [7, 11) is 0. The minimum absolute atomic E-state index is 0.118. The molecule has 0 saturated heterocycles. The molecule has 0 aliphatic carbocycles. The van der Waals surface area contributed by atoms with Gasteiger partial charge in [0, 0.05) is 0 Å². The third-order valence-corrected chi connectivity index (χ3v) is 3.37. The number of amides is 2. The lowest BCUT2D eigenvalue weighted by molar-refractivity contribution is -0.141. The smallest absolute Gasteiger partial charge is 0.326 e. The van der Waals surface area contributed by atoms with Crippen molar-refractivity contribution < 1.29 is 19.5 Å². The fourth-order valence-corrected chi connectivity index (χ4v) is 2.05. The average Bonchev–Trinajstić information content (AvgIpc) is 2.91. The van der Waals surface area contributed by atoms with Crippen molar-refractivity contribution in [2.24, 2.45) is 0 Å². The van der Waals surface area contributed by atoms with Gasteiger partial charge in [0.05, 0.1) is 4.88 Å². The van der Waals surface area contributed by atoms with Gasteiger partial charge in [-0.15, -0.1) is 17.9 Å².